The minimum atomic E-state index is -4.96. The molecule has 88 heavy (non-hydrogen) atoms. The van der Waals surface area contributed by atoms with Gasteiger partial charge in [-0.3, -0.25) is 37.3 Å². The summed E-state index contributed by atoms with van der Waals surface area (Å²) in [6.07, 6.45) is 45.5. The molecule has 0 rings (SSSR count). The third-order valence-corrected chi connectivity index (χ3v) is 17.5. The third kappa shape index (κ3) is 61.1. The van der Waals surface area contributed by atoms with Crippen molar-refractivity contribution in [1.29, 1.82) is 0 Å². The zero-order valence-corrected chi connectivity index (χ0v) is 58.5. The fourth-order valence-electron chi connectivity index (χ4n) is 9.79. The van der Waals surface area contributed by atoms with Gasteiger partial charge in [-0.15, -0.1) is 0 Å². The van der Waals surface area contributed by atoms with Gasteiger partial charge in [0.2, 0.25) is 0 Å². The van der Waals surface area contributed by atoms with Gasteiger partial charge in [0.15, 0.2) is 12.2 Å². The molecule has 0 aliphatic carbocycles. The first-order valence-electron chi connectivity index (χ1n) is 35.2. The zero-order valence-electron chi connectivity index (χ0n) is 56.7. The number of carbonyl (C=O) groups is 4. The van der Waals surface area contributed by atoms with Crippen LogP contribution in [0.1, 0.15) is 318 Å². The maximum atomic E-state index is 13.0. The first-order valence-corrected chi connectivity index (χ1v) is 38.2. The number of aliphatic hydroxyl groups is 1. The van der Waals surface area contributed by atoms with E-state index in [2.05, 4.69) is 72.8 Å². The summed E-state index contributed by atoms with van der Waals surface area (Å²) in [6.45, 7) is 11.6. The van der Waals surface area contributed by atoms with E-state index in [9.17, 15) is 43.2 Å². The van der Waals surface area contributed by atoms with E-state index >= 15 is 0 Å². The monoisotopic (exact) mass is 1290 g/mol. The van der Waals surface area contributed by atoms with Crippen LogP contribution in [-0.2, 0) is 65.4 Å². The quantitative estimate of drug-likeness (QED) is 0.0169. The van der Waals surface area contributed by atoms with Crippen LogP contribution < -0.4 is 0 Å². The number of hydrogen-bond acceptors (Lipinski definition) is 15. The molecule has 0 aromatic rings. The maximum Gasteiger partial charge on any atom is 0.472 e. The molecule has 0 spiro atoms. The Hall–Kier alpha value is -2.46. The van der Waals surface area contributed by atoms with Gasteiger partial charge >= 0.3 is 39.5 Å². The molecule has 3 unspecified atom stereocenters. The number of rotatable bonds is 65. The van der Waals surface area contributed by atoms with E-state index < -0.39 is 97.5 Å². The molecule has 0 bridgehead atoms. The van der Waals surface area contributed by atoms with E-state index in [-0.39, 0.29) is 25.7 Å². The van der Waals surface area contributed by atoms with Crippen LogP contribution in [0.3, 0.4) is 0 Å². The van der Waals surface area contributed by atoms with Crippen molar-refractivity contribution in [3.63, 3.8) is 0 Å². The Kier molecular flexibility index (Phi) is 57.9. The lowest BCUT2D eigenvalue weighted by Crippen LogP contribution is -2.30. The Balaban J connectivity index is 5.28. The van der Waals surface area contributed by atoms with Crippen LogP contribution in [0.25, 0.3) is 0 Å². The Labute approximate surface area is 535 Å². The molecule has 6 atom stereocenters. The first kappa shape index (κ1) is 85.5. The van der Waals surface area contributed by atoms with Crippen molar-refractivity contribution in [1.82, 2.24) is 0 Å². The fourth-order valence-corrected chi connectivity index (χ4v) is 11.4. The van der Waals surface area contributed by atoms with Gasteiger partial charge in [-0.2, -0.15) is 0 Å². The Morgan fingerprint density at radius 2 is 0.670 bits per heavy atom. The Bertz CT molecular complexity index is 1830. The molecule has 518 valence electrons. The highest BCUT2D eigenvalue weighted by molar-refractivity contribution is 7.47. The smallest absolute Gasteiger partial charge is 0.462 e. The van der Waals surface area contributed by atoms with E-state index in [1.165, 1.54) is 103 Å². The van der Waals surface area contributed by atoms with Crippen molar-refractivity contribution in [2.75, 3.05) is 39.6 Å². The maximum absolute atomic E-state index is 13.0. The number of esters is 4. The lowest BCUT2D eigenvalue weighted by atomic mass is 10.00. The number of unbranched alkanes of at least 4 members (excludes halogenated alkanes) is 29. The number of aliphatic hydroxyl groups excluding tert-OH is 1. The van der Waals surface area contributed by atoms with E-state index in [0.29, 0.717) is 31.6 Å². The number of phosphoric acid groups is 2. The van der Waals surface area contributed by atoms with Gasteiger partial charge in [0.25, 0.3) is 0 Å². The summed E-state index contributed by atoms with van der Waals surface area (Å²) < 4.78 is 68.1. The third-order valence-electron chi connectivity index (χ3n) is 15.6. The fraction of sp³-hybridized carbons (Fsp3) is 0.884. The van der Waals surface area contributed by atoms with Gasteiger partial charge in [0.05, 0.1) is 26.4 Å². The van der Waals surface area contributed by atoms with Gasteiger partial charge in [-0.05, 0) is 69.1 Å². The van der Waals surface area contributed by atoms with E-state index in [1.54, 1.807) is 0 Å². The number of ether oxygens (including phenoxy) is 4. The molecule has 3 N–H and O–H groups in total. The predicted octanol–water partition coefficient (Wildman–Crippen LogP) is 19.0. The number of allylic oxidation sites excluding steroid dienone is 4. The van der Waals surface area contributed by atoms with Crippen LogP contribution in [-0.4, -0.2) is 96.7 Å². The molecule has 0 saturated heterocycles. The highest BCUT2D eigenvalue weighted by atomic mass is 31.2. The molecule has 0 heterocycles. The van der Waals surface area contributed by atoms with E-state index in [0.717, 1.165) is 127 Å². The van der Waals surface area contributed by atoms with Crippen molar-refractivity contribution in [3.8, 4) is 0 Å². The molecule has 17 nitrogen and oxygen atoms in total. The summed E-state index contributed by atoms with van der Waals surface area (Å²) >= 11 is 0. The predicted molar refractivity (Wildman–Crippen MR) is 354 cm³/mol. The molecule has 0 saturated carbocycles. The molecular weight excluding hydrogens is 1160 g/mol. The second-order valence-corrected chi connectivity index (χ2v) is 28.3. The summed E-state index contributed by atoms with van der Waals surface area (Å²) in [5.41, 5.74) is 0. The topological polar surface area (TPSA) is 237 Å². The van der Waals surface area contributed by atoms with Crippen LogP contribution in [0.4, 0.5) is 0 Å². The minimum absolute atomic E-state index is 0.0985. The van der Waals surface area contributed by atoms with Crippen LogP contribution in [0.15, 0.2) is 24.3 Å². The highest BCUT2D eigenvalue weighted by Crippen LogP contribution is 2.45. The van der Waals surface area contributed by atoms with Crippen molar-refractivity contribution < 1.29 is 80.2 Å². The molecule has 0 aromatic carbocycles. The summed E-state index contributed by atoms with van der Waals surface area (Å²) in [5.74, 6) is -0.00461. The second-order valence-electron chi connectivity index (χ2n) is 25.4. The molecule has 0 aromatic heterocycles. The molecule has 0 amide bonds. The van der Waals surface area contributed by atoms with Crippen LogP contribution in [0, 0.1) is 17.8 Å². The van der Waals surface area contributed by atoms with Crippen LogP contribution >= 0.6 is 15.6 Å². The van der Waals surface area contributed by atoms with Gasteiger partial charge in [-0.25, -0.2) is 9.13 Å². The average Bonchev–Trinajstić information content (AvgIpc) is 3.58. The summed E-state index contributed by atoms with van der Waals surface area (Å²) in [4.78, 5) is 72.4. The number of hydrogen-bond donors (Lipinski definition) is 3. The molecule has 0 aliphatic rings. The van der Waals surface area contributed by atoms with Gasteiger partial charge < -0.3 is 33.8 Å². The number of phosphoric ester groups is 2. The van der Waals surface area contributed by atoms with Crippen LogP contribution in [0.5, 0.6) is 0 Å². The van der Waals surface area contributed by atoms with E-state index in [1.807, 2.05) is 0 Å². The summed E-state index contributed by atoms with van der Waals surface area (Å²) in [6, 6.07) is 0. The van der Waals surface area contributed by atoms with Crippen molar-refractivity contribution in [3.05, 3.63) is 24.3 Å². The lowest BCUT2D eigenvalue weighted by molar-refractivity contribution is -0.161. The molecule has 0 radical (unpaired) electrons. The molecular formula is C69H130O17P2. The Morgan fingerprint density at radius 1 is 0.375 bits per heavy atom. The SMILES string of the molecule is CCCCCC/C=C\C=C/CCCCCCCC(=O)OC[C@H](COP(=O)(O)OC[C@@H](O)COP(=O)(O)OC[C@@H](COC(=O)CCCCCCCCC(C)CC)OC(=O)CCCCCCCCC(C)C)OC(=O)CCCCCCCCCCCCCC(C)C. The second kappa shape index (κ2) is 59.5. The standard InChI is InChI=1S/C69H130O17P2/c1-8-10-11-12-13-14-15-16-17-18-21-24-27-36-43-50-66(71)79-56-64(85-68(73)52-45-38-28-25-22-19-20-23-26-33-40-47-60(3)4)58-83-87(75,76)81-54-63(70)55-82-88(77,78)84-59-65(86-69(74)53-46-39-31-29-34-41-48-61(5)6)57-80-67(72)51-44-37-32-30-35-42-49-62(7)9-2/h14-17,60-65,70H,8-13,18-59H2,1-7H3,(H,75,76)(H,77,78)/b15-14-,17-16-/t62?,63-,64-,65-/m1/s1. The first-order chi connectivity index (χ1) is 42.3. The highest BCUT2D eigenvalue weighted by Gasteiger charge is 2.30. The zero-order chi connectivity index (χ0) is 65.2. The lowest BCUT2D eigenvalue weighted by Gasteiger charge is -2.21. The van der Waals surface area contributed by atoms with Gasteiger partial charge in [0.1, 0.15) is 19.3 Å². The molecule has 0 aliphatic heterocycles. The van der Waals surface area contributed by atoms with E-state index in [4.69, 9.17) is 37.0 Å². The van der Waals surface area contributed by atoms with Gasteiger partial charge in [0, 0.05) is 25.7 Å². The van der Waals surface area contributed by atoms with Gasteiger partial charge in [-0.1, -0.05) is 265 Å². The molecule has 0 fully saturated rings. The van der Waals surface area contributed by atoms with Crippen LogP contribution in [0.2, 0.25) is 0 Å². The minimum Gasteiger partial charge on any atom is -0.462 e. The van der Waals surface area contributed by atoms with Crippen molar-refractivity contribution in [2.24, 2.45) is 17.8 Å². The number of carbonyl (C=O) groups excluding carboxylic acids is 4. The van der Waals surface area contributed by atoms with Crippen molar-refractivity contribution in [2.45, 2.75) is 336 Å². The molecule has 19 heteroatoms. The average molecular weight is 1290 g/mol. The largest absolute Gasteiger partial charge is 0.472 e. The summed E-state index contributed by atoms with van der Waals surface area (Å²) in [7, 11) is -9.91. The Morgan fingerprint density at radius 3 is 1.01 bits per heavy atom. The summed E-state index contributed by atoms with van der Waals surface area (Å²) in [5, 5.41) is 10.6. The van der Waals surface area contributed by atoms with Crippen molar-refractivity contribution >= 4 is 39.5 Å². The normalized spacial score (nSPS) is 14.7.